The fourth-order valence-electron chi connectivity index (χ4n) is 2.25. The van der Waals surface area contributed by atoms with E-state index in [1.807, 2.05) is 0 Å². The number of para-hydroxylation sites is 1. The average Bonchev–Trinajstić information content (AvgIpc) is 2.65. The molecule has 0 spiro atoms. The van der Waals surface area contributed by atoms with E-state index in [9.17, 15) is 22.8 Å². The first-order valence-electron chi connectivity index (χ1n) is 7.72. The maximum Gasteiger partial charge on any atom is 0.405 e. The molecule has 9 heteroatoms. The van der Waals surface area contributed by atoms with Gasteiger partial charge < -0.3 is 20.1 Å². The van der Waals surface area contributed by atoms with Crippen molar-refractivity contribution in [1.29, 1.82) is 0 Å². The molecular weight excluding hydrogens is 365 g/mol. The first-order chi connectivity index (χ1) is 12.7. The van der Waals surface area contributed by atoms with E-state index in [2.05, 4.69) is 5.32 Å². The Bertz CT molecular complexity index is 820. The highest BCUT2D eigenvalue weighted by Crippen LogP contribution is 2.31. The molecule has 0 saturated carbocycles. The number of nitrogens with one attached hydrogen (secondary N) is 2. The van der Waals surface area contributed by atoms with Crippen LogP contribution in [0.3, 0.4) is 0 Å². The van der Waals surface area contributed by atoms with E-state index in [-0.39, 0.29) is 16.9 Å². The highest BCUT2D eigenvalue weighted by atomic mass is 19.4. The van der Waals surface area contributed by atoms with Crippen LogP contribution < -0.4 is 20.1 Å². The molecule has 2 N–H and O–H groups in total. The molecule has 0 aliphatic carbocycles. The first-order valence-corrected chi connectivity index (χ1v) is 7.72. The van der Waals surface area contributed by atoms with E-state index in [1.54, 1.807) is 23.5 Å². The molecule has 0 heterocycles. The normalized spacial score (nSPS) is 10.9. The smallest absolute Gasteiger partial charge is 0.405 e. The van der Waals surface area contributed by atoms with Crippen LogP contribution in [0.15, 0.2) is 42.5 Å². The van der Waals surface area contributed by atoms with Crippen LogP contribution in [0.1, 0.15) is 20.7 Å². The second kappa shape index (κ2) is 8.43. The molecule has 0 aliphatic heterocycles. The van der Waals surface area contributed by atoms with Crippen LogP contribution in [0.4, 0.5) is 18.9 Å². The Labute approximate surface area is 153 Å². The zero-order chi connectivity index (χ0) is 20.0. The van der Waals surface area contributed by atoms with Gasteiger partial charge in [-0.05, 0) is 36.4 Å². The third-order valence-electron chi connectivity index (χ3n) is 3.50. The summed E-state index contributed by atoms with van der Waals surface area (Å²) in [5.41, 5.74) is 0.636. The van der Waals surface area contributed by atoms with Gasteiger partial charge in [0.25, 0.3) is 11.8 Å². The van der Waals surface area contributed by atoms with Gasteiger partial charge in [-0.3, -0.25) is 9.59 Å². The standard InChI is InChI=1S/C18H17F3N2O4/c1-26-14-5-3-4-13(15(14)27-2)17(25)23-12-8-6-11(7-9-12)16(24)22-10-18(19,20)21/h3-9H,10H2,1-2H3,(H,22,24)(H,23,25). The Kier molecular flexibility index (Phi) is 6.27. The molecule has 0 unspecified atom stereocenters. The Balaban J connectivity index is 2.08. The zero-order valence-electron chi connectivity index (χ0n) is 14.5. The molecule has 0 aromatic heterocycles. The molecule has 144 valence electrons. The Morgan fingerprint density at radius 2 is 1.63 bits per heavy atom. The maximum absolute atomic E-state index is 12.4. The summed E-state index contributed by atoms with van der Waals surface area (Å²) in [6.45, 7) is -1.42. The number of anilines is 1. The van der Waals surface area contributed by atoms with Crippen LogP contribution in [-0.4, -0.2) is 38.8 Å². The molecule has 0 atom stereocenters. The van der Waals surface area contributed by atoms with Gasteiger partial charge in [0.05, 0.1) is 19.8 Å². The van der Waals surface area contributed by atoms with Crippen LogP contribution in [0.2, 0.25) is 0 Å². The molecule has 0 aliphatic rings. The Hall–Kier alpha value is -3.23. The molecule has 2 aromatic carbocycles. The van der Waals surface area contributed by atoms with Crippen molar-refractivity contribution in [3.63, 3.8) is 0 Å². The number of ether oxygens (including phenoxy) is 2. The number of halogens is 3. The highest BCUT2D eigenvalue weighted by molar-refractivity contribution is 6.07. The van der Waals surface area contributed by atoms with Crippen LogP contribution in [0.25, 0.3) is 0 Å². The van der Waals surface area contributed by atoms with Crippen molar-refractivity contribution < 1.29 is 32.2 Å². The second-order valence-electron chi connectivity index (χ2n) is 5.37. The molecule has 2 rings (SSSR count). The summed E-state index contributed by atoms with van der Waals surface area (Å²) >= 11 is 0. The van der Waals surface area contributed by atoms with Crippen LogP contribution in [0, 0.1) is 0 Å². The summed E-state index contributed by atoms with van der Waals surface area (Å²) in [6, 6.07) is 10.3. The van der Waals surface area contributed by atoms with Gasteiger partial charge in [0.1, 0.15) is 6.54 Å². The lowest BCUT2D eigenvalue weighted by atomic mass is 10.1. The number of amides is 2. The van der Waals surface area contributed by atoms with E-state index in [0.717, 1.165) is 0 Å². The van der Waals surface area contributed by atoms with Crippen LogP contribution >= 0.6 is 0 Å². The summed E-state index contributed by atoms with van der Waals surface area (Å²) < 4.78 is 46.7. The van der Waals surface area contributed by atoms with Crippen molar-refractivity contribution in [2.24, 2.45) is 0 Å². The van der Waals surface area contributed by atoms with Gasteiger partial charge in [0.2, 0.25) is 0 Å². The number of carbonyl (C=O) groups excluding carboxylic acids is 2. The molecule has 27 heavy (non-hydrogen) atoms. The van der Waals surface area contributed by atoms with Gasteiger partial charge >= 0.3 is 6.18 Å². The molecule has 2 aromatic rings. The Morgan fingerprint density at radius 1 is 0.963 bits per heavy atom. The third kappa shape index (κ3) is 5.37. The number of benzene rings is 2. The minimum Gasteiger partial charge on any atom is -0.493 e. The van der Waals surface area contributed by atoms with Gasteiger partial charge in [-0.1, -0.05) is 6.07 Å². The second-order valence-corrected chi connectivity index (χ2v) is 5.37. The number of carbonyl (C=O) groups is 2. The van der Waals surface area contributed by atoms with Gasteiger partial charge in [-0.25, -0.2) is 0 Å². The summed E-state index contributed by atoms with van der Waals surface area (Å²) in [5, 5.41) is 4.39. The summed E-state index contributed by atoms with van der Waals surface area (Å²) in [7, 11) is 2.85. The van der Waals surface area contributed by atoms with Crippen molar-refractivity contribution >= 4 is 17.5 Å². The average molecular weight is 382 g/mol. The lowest BCUT2D eigenvalue weighted by Crippen LogP contribution is -2.33. The topological polar surface area (TPSA) is 76.7 Å². The summed E-state index contributed by atoms with van der Waals surface area (Å²) in [4.78, 5) is 24.1. The molecular formula is C18H17F3N2O4. The van der Waals surface area contributed by atoms with Crippen LogP contribution in [0.5, 0.6) is 11.5 Å². The predicted octanol–water partition coefficient (Wildman–Crippen LogP) is 3.25. The Morgan fingerprint density at radius 3 is 2.19 bits per heavy atom. The quantitative estimate of drug-likeness (QED) is 0.804. The molecule has 0 bridgehead atoms. The molecule has 0 saturated heterocycles. The largest absolute Gasteiger partial charge is 0.493 e. The van der Waals surface area contributed by atoms with Crippen molar-refractivity contribution in [2.75, 3.05) is 26.1 Å². The van der Waals surface area contributed by atoms with Crippen molar-refractivity contribution in [1.82, 2.24) is 5.32 Å². The molecule has 0 fully saturated rings. The third-order valence-corrected chi connectivity index (χ3v) is 3.50. The molecule has 6 nitrogen and oxygen atoms in total. The zero-order valence-corrected chi connectivity index (χ0v) is 14.5. The first kappa shape index (κ1) is 20.1. The van der Waals surface area contributed by atoms with Crippen molar-refractivity contribution in [3.8, 4) is 11.5 Å². The summed E-state index contributed by atoms with van der Waals surface area (Å²) in [5.74, 6) is -0.679. The minimum atomic E-state index is -4.49. The van der Waals surface area contributed by atoms with Crippen molar-refractivity contribution in [3.05, 3.63) is 53.6 Å². The number of rotatable bonds is 6. The van der Waals surface area contributed by atoms with Crippen molar-refractivity contribution in [2.45, 2.75) is 6.18 Å². The van der Waals surface area contributed by atoms with E-state index < -0.39 is 24.5 Å². The number of alkyl halides is 3. The molecule has 2 amide bonds. The van der Waals surface area contributed by atoms with Gasteiger partial charge in [-0.2, -0.15) is 13.2 Å². The lowest BCUT2D eigenvalue weighted by Gasteiger charge is -2.13. The minimum absolute atomic E-state index is 0.0382. The van der Waals surface area contributed by atoms with E-state index in [1.165, 1.54) is 38.5 Å². The lowest BCUT2D eigenvalue weighted by molar-refractivity contribution is -0.123. The number of hydrogen-bond donors (Lipinski definition) is 2. The van der Waals surface area contributed by atoms with Gasteiger partial charge in [0.15, 0.2) is 11.5 Å². The van der Waals surface area contributed by atoms with E-state index in [0.29, 0.717) is 11.4 Å². The number of methoxy groups -OCH3 is 2. The maximum atomic E-state index is 12.4. The molecule has 0 radical (unpaired) electrons. The predicted molar refractivity (Wildman–Crippen MR) is 92.3 cm³/mol. The van der Waals surface area contributed by atoms with Crippen LogP contribution in [-0.2, 0) is 0 Å². The van der Waals surface area contributed by atoms with E-state index >= 15 is 0 Å². The summed E-state index contributed by atoms with van der Waals surface area (Å²) in [6.07, 6.45) is -4.49. The monoisotopic (exact) mass is 382 g/mol. The van der Waals surface area contributed by atoms with Gasteiger partial charge in [0, 0.05) is 11.3 Å². The fraction of sp³-hybridized carbons (Fsp3) is 0.222. The highest BCUT2D eigenvalue weighted by Gasteiger charge is 2.27. The fourth-order valence-corrected chi connectivity index (χ4v) is 2.25. The van der Waals surface area contributed by atoms with Gasteiger partial charge in [-0.15, -0.1) is 0 Å². The number of hydrogen-bond acceptors (Lipinski definition) is 4. The SMILES string of the molecule is COc1cccc(C(=O)Nc2ccc(C(=O)NCC(F)(F)F)cc2)c1OC. The van der Waals surface area contributed by atoms with E-state index in [4.69, 9.17) is 9.47 Å².